The van der Waals surface area contributed by atoms with E-state index in [4.69, 9.17) is 16.3 Å². The molecule has 0 unspecified atom stereocenters. The number of aromatic nitrogens is 1. The van der Waals surface area contributed by atoms with E-state index >= 15 is 0 Å². The van der Waals surface area contributed by atoms with Gasteiger partial charge in [-0.05, 0) is 44.0 Å². The van der Waals surface area contributed by atoms with Crippen molar-refractivity contribution in [3.63, 3.8) is 0 Å². The van der Waals surface area contributed by atoms with Crippen molar-refractivity contribution in [3.05, 3.63) is 52.7 Å². The molecule has 6 nitrogen and oxygen atoms in total. The van der Waals surface area contributed by atoms with Crippen LogP contribution in [0.25, 0.3) is 0 Å². The van der Waals surface area contributed by atoms with Crippen molar-refractivity contribution < 1.29 is 14.3 Å². The van der Waals surface area contributed by atoms with Gasteiger partial charge >= 0.3 is 0 Å². The zero-order valence-electron chi connectivity index (χ0n) is 15.4. The summed E-state index contributed by atoms with van der Waals surface area (Å²) in [6.45, 7) is 4.89. The van der Waals surface area contributed by atoms with Gasteiger partial charge in [0.15, 0.2) is 0 Å². The van der Waals surface area contributed by atoms with E-state index in [1.807, 2.05) is 38.1 Å². The van der Waals surface area contributed by atoms with Gasteiger partial charge in [-0.2, -0.15) is 0 Å². The van der Waals surface area contributed by atoms with Crippen molar-refractivity contribution in [2.75, 3.05) is 11.4 Å². The maximum absolute atomic E-state index is 12.3. The zero-order valence-corrected chi connectivity index (χ0v) is 16.1. The van der Waals surface area contributed by atoms with Gasteiger partial charge < -0.3 is 15.0 Å². The van der Waals surface area contributed by atoms with E-state index in [2.05, 4.69) is 10.3 Å². The van der Waals surface area contributed by atoms with Gasteiger partial charge in [-0.3, -0.25) is 9.59 Å². The van der Waals surface area contributed by atoms with Crippen LogP contribution in [0.4, 0.5) is 5.69 Å². The quantitative estimate of drug-likeness (QED) is 0.822. The van der Waals surface area contributed by atoms with E-state index in [9.17, 15) is 9.59 Å². The monoisotopic (exact) mass is 387 g/mol. The minimum atomic E-state index is -0.265. The number of anilines is 1. The van der Waals surface area contributed by atoms with E-state index in [0.29, 0.717) is 29.4 Å². The van der Waals surface area contributed by atoms with Crippen LogP contribution in [0.3, 0.4) is 0 Å². The number of halogens is 1. The molecule has 2 aromatic rings. The summed E-state index contributed by atoms with van der Waals surface area (Å²) in [6.07, 6.45) is 2.90. The molecule has 1 saturated heterocycles. The minimum Gasteiger partial charge on any atom is -0.474 e. The number of carbonyl (C=O) groups excluding carboxylic acids is 2. The molecule has 0 radical (unpaired) electrons. The summed E-state index contributed by atoms with van der Waals surface area (Å²) in [7, 11) is 0. The lowest BCUT2D eigenvalue weighted by atomic mass is 10.2. The maximum Gasteiger partial charge on any atom is 0.253 e. The first-order chi connectivity index (χ1) is 12.9. The van der Waals surface area contributed by atoms with Crippen LogP contribution in [0, 0.1) is 0 Å². The van der Waals surface area contributed by atoms with Crippen molar-refractivity contribution in [3.8, 4) is 5.88 Å². The highest BCUT2D eigenvalue weighted by Gasteiger charge is 2.21. The molecule has 1 aromatic heterocycles. The number of hydrogen-bond acceptors (Lipinski definition) is 4. The molecule has 3 rings (SSSR count). The van der Waals surface area contributed by atoms with Crippen LogP contribution < -0.4 is 15.0 Å². The predicted molar refractivity (Wildman–Crippen MR) is 104 cm³/mol. The van der Waals surface area contributed by atoms with Gasteiger partial charge in [0.05, 0.1) is 11.7 Å². The molecule has 142 valence electrons. The molecule has 7 heteroatoms. The molecule has 1 fully saturated rings. The minimum absolute atomic E-state index is 0.0477. The lowest BCUT2D eigenvalue weighted by Crippen LogP contribution is -2.24. The number of amides is 2. The third kappa shape index (κ3) is 4.77. The normalized spacial score (nSPS) is 13.9. The highest BCUT2D eigenvalue weighted by molar-refractivity contribution is 6.32. The van der Waals surface area contributed by atoms with E-state index in [0.717, 1.165) is 24.2 Å². The van der Waals surface area contributed by atoms with E-state index in [1.54, 1.807) is 11.0 Å². The second-order valence-electron chi connectivity index (χ2n) is 6.68. The van der Waals surface area contributed by atoms with Crippen LogP contribution in [0.2, 0.25) is 5.02 Å². The Balaban J connectivity index is 1.59. The number of nitrogens with zero attached hydrogens (tertiary/aromatic N) is 2. The molecular formula is C20H22ClN3O3. The number of rotatable bonds is 6. The Morgan fingerprint density at radius 2 is 2.07 bits per heavy atom. The molecule has 1 N–H and O–H groups in total. The Morgan fingerprint density at radius 1 is 1.33 bits per heavy atom. The molecule has 0 atom stereocenters. The lowest BCUT2D eigenvalue weighted by molar-refractivity contribution is -0.117. The molecule has 1 aliphatic rings. The Labute approximate surface area is 163 Å². The molecular weight excluding hydrogens is 366 g/mol. The predicted octanol–water partition coefficient (Wildman–Crippen LogP) is 3.58. The van der Waals surface area contributed by atoms with Crippen LogP contribution >= 0.6 is 11.6 Å². The standard InChI is InChI=1S/C20H22ClN3O3/c1-13(2)27-20-17(21)10-15(12-23-20)19(26)22-11-14-5-7-16(8-6-14)24-9-3-4-18(24)25/h5-8,10,12-13H,3-4,9,11H2,1-2H3,(H,22,26). The topological polar surface area (TPSA) is 71.5 Å². The van der Waals surface area contributed by atoms with Crippen molar-refractivity contribution in [2.45, 2.75) is 39.3 Å². The number of pyridine rings is 1. The highest BCUT2D eigenvalue weighted by atomic mass is 35.5. The summed E-state index contributed by atoms with van der Waals surface area (Å²) < 4.78 is 5.47. The molecule has 0 aliphatic carbocycles. The van der Waals surface area contributed by atoms with Gasteiger partial charge in [0.25, 0.3) is 5.91 Å². The molecule has 1 aromatic carbocycles. The van der Waals surface area contributed by atoms with Gasteiger partial charge in [-0.15, -0.1) is 0 Å². The fraction of sp³-hybridized carbons (Fsp3) is 0.350. The molecule has 0 saturated carbocycles. The van der Waals surface area contributed by atoms with Crippen molar-refractivity contribution >= 4 is 29.1 Å². The number of carbonyl (C=O) groups is 2. The van der Waals surface area contributed by atoms with E-state index in [1.165, 1.54) is 6.20 Å². The number of hydrogen-bond donors (Lipinski definition) is 1. The Kier molecular flexibility index (Phi) is 5.96. The second kappa shape index (κ2) is 8.39. The second-order valence-corrected chi connectivity index (χ2v) is 7.08. The van der Waals surface area contributed by atoms with Crippen LogP contribution in [-0.2, 0) is 11.3 Å². The summed E-state index contributed by atoms with van der Waals surface area (Å²) >= 11 is 6.13. The molecule has 27 heavy (non-hydrogen) atoms. The van der Waals surface area contributed by atoms with Gasteiger partial charge in [-0.1, -0.05) is 23.7 Å². The summed E-state index contributed by atoms with van der Waals surface area (Å²) in [6, 6.07) is 9.17. The molecule has 2 heterocycles. The van der Waals surface area contributed by atoms with Gasteiger partial charge in [-0.25, -0.2) is 4.98 Å². The van der Waals surface area contributed by atoms with Gasteiger partial charge in [0, 0.05) is 31.4 Å². The van der Waals surface area contributed by atoms with Crippen LogP contribution in [0.5, 0.6) is 5.88 Å². The SMILES string of the molecule is CC(C)Oc1ncc(C(=O)NCc2ccc(N3CCCC3=O)cc2)cc1Cl. The first-order valence-electron chi connectivity index (χ1n) is 8.94. The van der Waals surface area contributed by atoms with Crippen molar-refractivity contribution in [1.29, 1.82) is 0 Å². The molecule has 2 amide bonds. The van der Waals surface area contributed by atoms with Crippen LogP contribution in [-0.4, -0.2) is 29.4 Å². The average Bonchev–Trinajstić information content (AvgIpc) is 3.07. The average molecular weight is 388 g/mol. The summed E-state index contributed by atoms with van der Waals surface area (Å²) in [5.41, 5.74) is 2.21. The largest absolute Gasteiger partial charge is 0.474 e. The summed E-state index contributed by atoms with van der Waals surface area (Å²) in [4.78, 5) is 30.0. The zero-order chi connectivity index (χ0) is 19.4. The Morgan fingerprint density at radius 3 is 2.67 bits per heavy atom. The van der Waals surface area contributed by atoms with Crippen LogP contribution in [0.15, 0.2) is 36.5 Å². The molecule has 0 bridgehead atoms. The highest BCUT2D eigenvalue weighted by Crippen LogP contribution is 2.24. The lowest BCUT2D eigenvalue weighted by Gasteiger charge is -2.16. The van der Waals surface area contributed by atoms with Gasteiger partial charge in [0.1, 0.15) is 5.02 Å². The fourth-order valence-corrected chi connectivity index (χ4v) is 3.07. The van der Waals surface area contributed by atoms with Crippen LogP contribution in [0.1, 0.15) is 42.6 Å². The van der Waals surface area contributed by atoms with E-state index < -0.39 is 0 Å². The third-order valence-electron chi connectivity index (χ3n) is 4.19. The number of nitrogens with one attached hydrogen (secondary N) is 1. The van der Waals surface area contributed by atoms with E-state index in [-0.39, 0.29) is 17.9 Å². The smallest absolute Gasteiger partial charge is 0.253 e. The summed E-state index contributed by atoms with van der Waals surface area (Å²) in [5, 5.41) is 3.14. The number of ether oxygens (including phenoxy) is 1. The number of benzene rings is 1. The first-order valence-corrected chi connectivity index (χ1v) is 9.31. The Bertz CT molecular complexity index is 837. The first kappa shape index (κ1) is 19.2. The van der Waals surface area contributed by atoms with Crippen molar-refractivity contribution in [2.24, 2.45) is 0 Å². The maximum atomic E-state index is 12.3. The molecule has 0 spiro atoms. The third-order valence-corrected chi connectivity index (χ3v) is 4.46. The van der Waals surface area contributed by atoms with Gasteiger partial charge in [0.2, 0.25) is 11.8 Å². The van der Waals surface area contributed by atoms with Crippen molar-refractivity contribution in [1.82, 2.24) is 10.3 Å². The molecule has 1 aliphatic heterocycles. The Hall–Kier alpha value is -2.60. The fourth-order valence-electron chi connectivity index (χ4n) is 2.86. The summed E-state index contributed by atoms with van der Waals surface area (Å²) in [5.74, 6) is 0.208.